The highest BCUT2D eigenvalue weighted by molar-refractivity contribution is 6.03. The topological polar surface area (TPSA) is 78.9 Å². The number of Topliss-reactive ketones (excluding diaryl/α,β-unsaturated/α-hetero) is 1. The monoisotopic (exact) mass is 480 g/mol. The largest absolute Gasteiger partial charge is 0.514 e. The Bertz CT molecular complexity index is 1070. The van der Waals surface area contributed by atoms with E-state index in [1.165, 1.54) is 6.92 Å². The van der Waals surface area contributed by atoms with Crippen LogP contribution in [0.25, 0.3) is 0 Å². The lowest BCUT2D eigenvalue weighted by Crippen LogP contribution is -2.48. The second kappa shape index (κ2) is 9.29. The number of ether oxygens (including phenoxy) is 3. The van der Waals surface area contributed by atoms with Crippen molar-refractivity contribution in [3.63, 3.8) is 0 Å². The van der Waals surface area contributed by atoms with Crippen molar-refractivity contribution in [2.24, 2.45) is 29.1 Å². The van der Waals surface area contributed by atoms with Crippen molar-refractivity contribution in [2.45, 2.75) is 72.5 Å². The zero-order valence-corrected chi connectivity index (χ0v) is 21.5. The van der Waals surface area contributed by atoms with E-state index >= 15 is 0 Å². The fraction of sp³-hybridized carbons (Fsp3) is 0.552. The van der Waals surface area contributed by atoms with Gasteiger partial charge >= 0.3 is 12.1 Å². The molecular weight excluding hydrogens is 444 g/mol. The zero-order chi connectivity index (χ0) is 25.5. The first kappa shape index (κ1) is 25.2. The summed E-state index contributed by atoms with van der Waals surface area (Å²) >= 11 is 0. The number of benzene rings is 1. The van der Waals surface area contributed by atoms with Gasteiger partial charge in [0.2, 0.25) is 5.78 Å². The molecule has 0 radical (unpaired) electrons. The fourth-order valence-corrected chi connectivity index (χ4v) is 6.27. The molecule has 6 nitrogen and oxygen atoms in total. The van der Waals surface area contributed by atoms with Gasteiger partial charge < -0.3 is 14.2 Å². The Morgan fingerprint density at radius 1 is 1.03 bits per heavy atom. The smallest absolute Gasteiger partial charge is 0.450 e. The van der Waals surface area contributed by atoms with Crippen molar-refractivity contribution in [3.8, 4) is 5.75 Å². The van der Waals surface area contributed by atoms with Gasteiger partial charge in [-0.15, -0.1) is 0 Å². The number of carbonyl (C=O) groups is 3. The van der Waals surface area contributed by atoms with E-state index in [2.05, 4.69) is 19.9 Å². The first-order valence-corrected chi connectivity index (χ1v) is 12.5. The quantitative estimate of drug-likeness (QED) is 0.297. The van der Waals surface area contributed by atoms with Crippen molar-refractivity contribution in [2.75, 3.05) is 0 Å². The number of esters is 1. The van der Waals surface area contributed by atoms with Crippen LogP contribution in [0.15, 0.2) is 53.6 Å². The molecule has 6 atom stereocenters. The molecule has 0 aromatic heterocycles. The summed E-state index contributed by atoms with van der Waals surface area (Å²) in [6.45, 7) is 11.6. The lowest BCUT2D eigenvalue weighted by molar-refractivity contribution is -0.168. The first-order chi connectivity index (χ1) is 16.5. The Balaban J connectivity index is 1.71. The minimum atomic E-state index is -1.43. The standard InChI is InChI=1S/C29H36O6/c1-17-12-13-22-23(28(22,5)6)15-18(2)26(31)29(35-20(4)30)16-19(3)25(24(29)14-17)34-27(32)33-21-10-8-7-9-11-21/h7-11,14-15,19,22-25H,12-13,16H2,1-6H3/b17-14+,18-15+/t19-,22-,23+,24-,25-,29+/m0/s1. The Labute approximate surface area is 207 Å². The third kappa shape index (κ3) is 4.80. The molecule has 1 aromatic rings. The van der Waals surface area contributed by atoms with Crippen molar-refractivity contribution >= 4 is 17.9 Å². The zero-order valence-electron chi connectivity index (χ0n) is 21.5. The van der Waals surface area contributed by atoms with Gasteiger partial charge in [-0.05, 0) is 67.6 Å². The number of hydrogen-bond donors (Lipinski definition) is 0. The van der Waals surface area contributed by atoms with Gasteiger partial charge in [0.05, 0.1) is 5.92 Å². The predicted octanol–water partition coefficient (Wildman–Crippen LogP) is 6.06. The number of allylic oxidation sites excluding steroid dienone is 2. The minimum Gasteiger partial charge on any atom is -0.450 e. The molecule has 0 heterocycles. The van der Waals surface area contributed by atoms with E-state index in [0.717, 1.165) is 18.4 Å². The molecule has 1 aromatic carbocycles. The van der Waals surface area contributed by atoms with Crippen LogP contribution in [0.3, 0.4) is 0 Å². The molecule has 0 aliphatic heterocycles. The molecule has 3 aliphatic carbocycles. The number of carbonyl (C=O) groups excluding carboxylic acids is 3. The van der Waals surface area contributed by atoms with E-state index in [0.29, 0.717) is 23.2 Å². The van der Waals surface area contributed by atoms with Crippen LogP contribution in [0.4, 0.5) is 4.79 Å². The molecule has 3 aliphatic rings. The van der Waals surface area contributed by atoms with Crippen LogP contribution in [-0.2, 0) is 19.1 Å². The van der Waals surface area contributed by atoms with Crippen LogP contribution >= 0.6 is 0 Å². The summed E-state index contributed by atoms with van der Waals surface area (Å²) in [4.78, 5) is 39.1. The van der Waals surface area contributed by atoms with Crippen LogP contribution in [0.2, 0.25) is 0 Å². The van der Waals surface area contributed by atoms with Gasteiger partial charge in [-0.1, -0.05) is 56.7 Å². The van der Waals surface area contributed by atoms with E-state index < -0.39 is 29.7 Å². The molecule has 0 spiro atoms. The molecule has 0 bridgehead atoms. The second-order valence-corrected chi connectivity index (χ2v) is 11.1. The van der Waals surface area contributed by atoms with Crippen molar-refractivity contribution in [3.05, 3.63) is 53.6 Å². The van der Waals surface area contributed by atoms with E-state index in [1.807, 2.05) is 32.9 Å². The van der Waals surface area contributed by atoms with E-state index in [1.54, 1.807) is 24.3 Å². The number of ketones is 1. The van der Waals surface area contributed by atoms with Gasteiger partial charge in [-0.2, -0.15) is 0 Å². The molecule has 4 rings (SSSR count). The van der Waals surface area contributed by atoms with Crippen LogP contribution in [0.5, 0.6) is 5.75 Å². The van der Waals surface area contributed by atoms with Crippen molar-refractivity contribution in [1.82, 2.24) is 0 Å². The molecule has 0 amide bonds. The van der Waals surface area contributed by atoms with Crippen molar-refractivity contribution in [1.29, 1.82) is 0 Å². The number of hydrogen-bond acceptors (Lipinski definition) is 6. The molecule has 6 heteroatoms. The summed E-state index contributed by atoms with van der Waals surface area (Å²) in [7, 11) is 0. The molecule has 2 fully saturated rings. The molecule has 0 unspecified atom stereocenters. The van der Waals surface area contributed by atoms with Crippen LogP contribution < -0.4 is 4.74 Å². The normalized spacial score (nSPS) is 36.7. The van der Waals surface area contributed by atoms with Crippen LogP contribution in [-0.4, -0.2) is 29.6 Å². The lowest BCUT2D eigenvalue weighted by Gasteiger charge is -2.34. The highest BCUT2D eigenvalue weighted by Crippen LogP contribution is 2.62. The Morgan fingerprint density at radius 3 is 2.37 bits per heavy atom. The second-order valence-electron chi connectivity index (χ2n) is 11.1. The Hall–Kier alpha value is -2.89. The number of fused-ring (bicyclic) bond motifs is 2. The molecule has 188 valence electrons. The molecule has 0 N–H and O–H groups in total. The maximum atomic E-state index is 14.0. The third-order valence-corrected chi connectivity index (χ3v) is 8.21. The van der Waals surface area contributed by atoms with E-state index in [4.69, 9.17) is 14.2 Å². The first-order valence-electron chi connectivity index (χ1n) is 12.5. The molecule has 35 heavy (non-hydrogen) atoms. The predicted molar refractivity (Wildman–Crippen MR) is 132 cm³/mol. The SMILES string of the molecule is CC(=O)O[C@]12C[C@H](C)[C@H](OC(=O)Oc3ccccc3)[C@@H]1/C=C(\C)CC[C@H]1[C@@H](/C=C(\C)C2=O)C1(C)C. The van der Waals surface area contributed by atoms with Crippen LogP contribution in [0.1, 0.15) is 60.8 Å². The van der Waals surface area contributed by atoms with Gasteiger partial charge in [0.15, 0.2) is 5.60 Å². The van der Waals surface area contributed by atoms with Crippen molar-refractivity contribution < 1.29 is 28.6 Å². The van der Waals surface area contributed by atoms with Gasteiger partial charge in [-0.3, -0.25) is 9.59 Å². The maximum Gasteiger partial charge on any atom is 0.514 e. The third-order valence-electron chi connectivity index (χ3n) is 8.21. The lowest BCUT2D eigenvalue weighted by atomic mass is 9.81. The van der Waals surface area contributed by atoms with Gasteiger partial charge in [0, 0.05) is 13.3 Å². The minimum absolute atomic E-state index is 0.144. The van der Waals surface area contributed by atoms with Gasteiger partial charge in [-0.25, -0.2) is 4.79 Å². The highest BCUT2D eigenvalue weighted by Gasteiger charge is 2.61. The van der Waals surface area contributed by atoms with E-state index in [9.17, 15) is 14.4 Å². The summed E-state index contributed by atoms with van der Waals surface area (Å²) in [5.41, 5.74) is 0.415. The molecular formula is C29H36O6. The van der Waals surface area contributed by atoms with Gasteiger partial charge in [0.25, 0.3) is 0 Å². The molecule has 2 saturated carbocycles. The highest BCUT2D eigenvalue weighted by atomic mass is 16.7. The average Bonchev–Trinajstić information content (AvgIpc) is 3.20. The summed E-state index contributed by atoms with van der Waals surface area (Å²) in [5.74, 6) is -0.374. The summed E-state index contributed by atoms with van der Waals surface area (Å²) in [6, 6.07) is 8.70. The Kier molecular flexibility index (Phi) is 6.69. The summed E-state index contributed by atoms with van der Waals surface area (Å²) in [5, 5.41) is 0. The maximum absolute atomic E-state index is 14.0. The average molecular weight is 481 g/mol. The van der Waals surface area contributed by atoms with E-state index in [-0.39, 0.29) is 23.5 Å². The summed E-state index contributed by atoms with van der Waals surface area (Å²) < 4.78 is 17.1. The number of para-hydroxylation sites is 1. The molecule has 0 saturated heterocycles. The number of rotatable bonds is 3. The van der Waals surface area contributed by atoms with Gasteiger partial charge in [0.1, 0.15) is 11.9 Å². The Morgan fingerprint density at radius 2 is 1.71 bits per heavy atom. The fourth-order valence-electron chi connectivity index (χ4n) is 6.27. The van der Waals surface area contributed by atoms with Crippen LogP contribution in [0, 0.1) is 29.1 Å². The summed E-state index contributed by atoms with van der Waals surface area (Å²) in [6.07, 6.45) is 4.70.